The summed E-state index contributed by atoms with van der Waals surface area (Å²) in [6.45, 7) is 0. The maximum Gasteiger partial charge on any atom is 0.274 e. The van der Waals surface area contributed by atoms with E-state index in [1.165, 1.54) is 18.4 Å². The standard InChI is InChI=1S/C6H5N3O2/c10-5-2-1-3-7-9-8-6(11)4-5/h1-3H,4H2/b2-1-,7-3-,9-8?. The fourth-order valence-corrected chi connectivity index (χ4v) is 0.538. The van der Waals surface area contributed by atoms with E-state index >= 15 is 0 Å². The highest BCUT2D eigenvalue weighted by molar-refractivity contribution is 6.05. The molecule has 0 unspecified atom stereocenters. The van der Waals surface area contributed by atoms with Crippen LogP contribution < -0.4 is 0 Å². The van der Waals surface area contributed by atoms with Crippen molar-refractivity contribution in [2.45, 2.75) is 6.42 Å². The lowest BCUT2D eigenvalue weighted by atomic mass is 10.2. The molecule has 56 valence electrons. The van der Waals surface area contributed by atoms with E-state index in [-0.39, 0.29) is 12.2 Å². The van der Waals surface area contributed by atoms with Crippen LogP contribution in [0.25, 0.3) is 0 Å². The molecule has 0 aromatic heterocycles. The molecule has 0 saturated heterocycles. The second-order valence-corrected chi connectivity index (χ2v) is 1.85. The molecule has 0 aromatic rings. The molecule has 5 nitrogen and oxygen atoms in total. The predicted octanol–water partition coefficient (Wildman–Crippen LogP) is 0.480. The molecule has 0 saturated carbocycles. The fourth-order valence-electron chi connectivity index (χ4n) is 0.538. The van der Waals surface area contributed by atoms with E-state index in [9.17, 15) is 9.59 Å². The number of ketones is 1. The summed E-state index contributed by atoms with van der Waals surface area (Å²) in [5.41, 5.74) is 0. The lowest BCUT2D eigenvalue weighted by Gasteiger charge is -1.84. The van der Waals surface area contributed by atoms with E-state index < -0.39 is 5.91 Å². The minimum atomic E-state index is -0.571. The molecular formula is C6H5N3O2. The normalized spacial score (nSPS) is 23.6. The van der Waals surface area contributed by atoms with Gasteiger partial charge in [-0.05, 0) is 17.4 Å². The van der Waals surface area contributed by atoms with Crippen molar-refractivity contribution in [1.82, 2.24) is 0 Å². The smallest absolute Gasteiger partial charge is 0.274 e. The molecule has 1 amide bonds. The second-order valence-electron chi connectivity index (χ2n) is 1.85. The Morgan fingerprint density at radius 1 is 1.36 bits per heavy atom. The van der Waals surface area contributed by atoms with Crippen LogP contribution in [-0.2, 0) is 9.59 Å². The van der Waals surface area contributed by atoms with Crippen LogP contribution in [0.2, 0.25) is 0 Å². The number of carbonyl (C=O) groups excluding carboxylic acids is 2. The molecule has 0 spiro atoms. The van der Waals surface area contributed by atoms with Gasteiger partial charge in [0.25, 0.3) is 5.91 Å². The van der Waals surface area contributed by atoms with Gasteiger partial charge in [0.05, 0.1) is 12.6 Å². The zero-order valence-corrected chi connectivity index (χ0v) is 5.60. The van der Waals surface area contributed by atoms with Crippen LogP contribution in [0.4, 0.5) is 0 Å². The van der Waals surface area contributed by atoms with Crippen LogP contribution in [0.15, 0.2) is 27.6 Å². The Morgan fingerprint density at radius 2 is 2.18 bits per heavy atom. The van der Waals surface area contributed by atoms with E-state index in [2.05, 4.69) is 15.4 Å². The SMILES string of the molecule is O=C1/C=C\C=N/N=NC(=O)C1. The summed E-state index contributed by atoms with van der Waals surface area (Å²) < 4.78 is 0. The Hall–Kier alpha value is -1.65. The molecule has 5 heteroatoms. The molecule has 0 fully saturated rings. The second kappa shape index (κ2) is 3.50. The molecule has 0 radical (unpaired) electrons. The van der Waals surface area contributed by atoms with E-state index in [1.54, 1.807) is 0 Å². The molecule has 0 aliphatic carbocycles. The number of allylic oxidation sites excluding steroid dienone is 2. The summed E-state index contributed by atoms with van der Waals surface area (Å²) >= 11 is 0. The molecule has 0 bridgehead atoms. The highest BCUT2D eigenvalue weighted by atomic mass is 16.2. The summed E-state index contributed by atoms with van der Waals surface area (Å²) in [5.74, 6) is -0.860. The molecule has 1 rings (SSSR count). The number of amides is 1. The van der Waals surface area contributed by atoms with Crippen LogP contribution in [-0.4, -0.2) is 17.9 Å². The maximum atomic E-state index is 10.7. The van der Waals surface area contributed by atoms with Crippen molar-refractivity contribution in [2.75, 3.05) is 0 Å². The molecule has 11 heavy (non-hydrogen) atoms. The van der Waals surface area contributed by atoms with E-state index in [4.69, 9.17) is 0 Å². The van der Waals surface area contributed by atoms with Crippen molar-refractivity contribution < 1.29 is 9.59 Å². The first kappa shape index (κ1) is 7.46. The van der Waals surface area contributed by atoms with Gasteiger partial charge in [0.1, 0.15) is 0 Å². The molecule has 0 atom stereocenters. The molecule has 1 aliphatic heterocycles. The van der Waals surface area contributed by atoms with Crippen LogP contribution in [0.3, 0.4) is 0 Å². The van der Waals surface area contributed by atoms with E-state index in [0.717, 1.165) is 0 Å². The zero-order valence-electron chi connectivity index (χ0n) is 5.60. The fraction of sp³-hybridized carbons (Fsp3) is 0.167. The minimum absolute atomic E-state index is 0.233. The predicted molar refractivity (Wildman–Crippen MR) is 37.1 cm³/mol. The maximum absolute atomic E-state index is 10.7. The van der Waals surface area contributed by atoms with Crippen molar-refractivity contribution in [3.63, 3.8) is 0 Å². The molecule has 0 aromatic carbocycles. The summed E-state index contributed by atoms with van der Waals surface area (Å²) in [7, 11) is 0. The van der Waals surface area contributed by atoms with Gasteiger partial charge < -0.3 is 0 Å². The van der Waals surface area contributed by atoms with Crippen LogP contribution >= 0.6 is 0 Å². The third-order valence-corrected chi connectivity index (χ3v) is 0.968. The Kier molecular flexibility index (Phi) is 2.37. The van der Waals surface area contributed by atoms with Crippen molar-refractivity contribution in [1.29, 1.82) is 0 Å². The third-order valence-electron chi connectivity index (χ3n) is 0.968. The van der Waals surface area contributed by atoms with Crippen molar-refractivity contribution >= 4 is 17.9 Å². The molecule has 0 N–H and O–H groups in total. The number of carbonyl (C=O) groups is 2. The first-order valence-corrected chi connectivity index (χ1v) is 2.95. The Labute approximate surface area is 62.5 Å². The quantitative estimate of drug-likeness (QED) is 0.472. The molecular weight excluding hydrogens is 146 g/mol. The average molecular weight is 151 g/mol. The van der Waals surface area contributed by atoms with Gasteiger partial charge in [0, 0.05) is 0 Å². The van der Waals surface area contributed by atoms with Crippen LogP contribution in [0.1, 0.15) is 6.42 Å². The Bertz CT molecular complexity index is 239. The van der Waals surface area contributed by atoms with Crippen molar-refractivity contribution in [3.05, 3.63) is 12.2 Å². The number of hydrogen-bond donors (Lipinski definition) is 0. The van der Waals surface area contributed by atoms with E-state index in [1.807, 2.05) is 0 Å². The Balaban J connectivity index is 2.80. The monoisotopic (exact) mass is 151 g/mol. The number of nitrogens with zero attached hydrogens (tertiary/aromatic N) is 3. The van der Waals surface area contributed by atoms with Gasteiger partial charge >= 0.3 is 0 Å². The summed E-state index contributed by atoms with van der Waals surface area (Å²) in [5, 5.41) is 9.62. The average Bonchev–Trinajstić information content (AvgIpc) is 2.02. The highest BCUT2D eigenvalue weighted by Crippen LogP contribution is 1.92. The van der Waals surface area contributed by atoms with Crippen molar-refractivity contribution in [3.8, 4) is 0 Å². The van der Waals surface area contributed by atoms with Gasteiger partial charge in [-0.1, -0.05) is 5.11 Å². The van der Waals surface area contributed by atoms with Gasteiger partial charge in [-0.25, -0.2) is 0 Å². The van der Waals surface area contributed by atoms with E-state index in [0.29, 0.717) is 0 Å². The van der Waals surface area contributed by atoms with Gasteiger partial charge in [-0.2, -0.15) is 0 Å². The van der Waals surface area contributed by atoms with Gasteiger partial charge in [0.2, 0.25) is 0 Å². The minimum Gasteiger partial charge on any atom is -0.294 e. The lowest BCUT2D eigenvalue weighted by molar-refractivity contribution is -0.124. The number of rotatable bonds is 0. The summed E-state index contributed by atoms with van der Waals surface area (Å²) in [6, 6.07) is 0. The number of hydrogen-bond acceptors (Lipinski definition) is 4. The zero-order chi connectivity index (χ0) is 8.10. The first-order chi connectivity index (χ1) is 5.29. The largest absolute Gasteiger partial charge is 0.294 e. The van der Waals surface area contributed by atoms with Crippen LogP contribution in [0.5, 0.6) is 0 Å². The molecule has 1 aliphatic rings. The van der Waals surface area contributed by atoms with Gasteiger partial charge in [-0.15, -0.1) is 5.10 Å². The topological polar surface area (TPSA) is 71.2 Å². The van der Waals surface area contributed by atoms with Gasteiger partial charge in [0.15, 0.2) is 5.78 Å². The van der Waals surface area contributed by atoms with Crippen LogP contribution in [0, 0.1) is 0 Å². The molecule has 1 heterocycles. The lowest BCUT2D eigenvalue weighted by Crippen LogP contribution is -2.00. The van der Waals surface area contributed by atoms with Crippen molar-refractivity contribution in [2.24, 2.45) is 15.4 Å². The Morgan fingerprint density at radius 3 is 3.00 bits per heavy atom. The first-order valence-electron chi connectivity index (χ1n) is 2.95. The van der Waals surface area contributed by atoms with Gasteiger partial charge in [-0.3, -0.25) is 9.59 Å². The summed E-state index contributed by atoms with van der Waals surface area (Å²) in [6.07, 6.45) is 3.74. The third kappa shape index (κ3) is 2.61. The summed E-state index contributed by atoms with van der Waals surface area (Å²) in [4.78, 5) is 21.3. The highest BCUT2D eigenvalue weighted by Gasteiger charge is 2.05.